The molecule has 0 heterocycles. The number of nitrogens with one attached hydrogen (secondary N) is 1. The molecule has 1 amide bonds. The van der Waals surface area contributed by atoms with Crippen LogP contribution in [0.15, 0.2) is 0 Å². The van der Waals surface area contributed by atoms with Gasteiger partial charge < -0.3 is 10.1 Å². The Morgan fingerprint density at radius 1 is 1.06 bits per heavy atom. The molecule has 0 bridgehead atoms. The summed E-state index contributed by atoms with van der Waals surface area (Å²) in [7, 11) is 0. The molecule has 0 aliphatic carbocycles. The van der Waals surface area contributed by atoms with Crippen molar-refractivity contribution in [1.82, 2.24) is 5.32 Å². The summed E-state index contributed by atoms with van der Waals surface area (Å²) in [6.07, 6.45) is 5.41. The first-order valence-electron chi connectivity index (χ1n) is 6.38. The molecule has 0 aliphatic rings. The summed E-state index contributed by atoms with van der Waals surface area (Å²) in [5.74, 6) is 0.592. The van der Waals surface area contributed by atoms with Gasteiger partial charge in [-0.15, -0.1) is 0 Å². The minimum absolute atomic E-state index is 0.164. The fourth-order valence-electron chi connectivity index (χ4n) is 1.69. The number of carbonyl (C=O) groups is 2. The molecule has 0 aromatic rings. The standard InChI is InChI=1S/C13H25NO2/c1-4-12(5-2)13(16)14-10-8-6-7-9-11(3)15/h12H,4-10H2,1-3H3,(H,14,16). The van der Waals surface area contributed by atoms with Crippen molar-refractivity contribution in [3.8, 4) is 0 Å². The first kappa shape index (κ1) is 15.1. The SMILES string of the molecule is CCC(CC)C(=O)NCCCCCC(C)=O. The van der Waals surface area contributed by atoms with Crippen LogP contribution in [0, 0.1) is 5.92 Å². The van der Waals surface area contributed by atoms with Crippen LogP contribution in [0.25, 0.3) is 0 Å². The second-order valence-corrected chi connectivity index (χ2v) is 4.32. The van der Waals surface area contributed by atoms with Crippen molar-refractivity contribution in [3.63, 3.8) is 0 Å². The van der Waals surface area contributed by atoms with E-state index in [0.29, 0.717) is 6.42 Å². The Kier molecular flexibility index (Phi) is 8.87. The number of hydrogen-bond acceptors (Lipinski definition) is 2. The predicted octanol–water partition coefficient (Wildman–Crippen LogP) is 2.69. The van der Waals surface area contributed by atoms with Gasteiger partial charge in [-0.1, -0.05) is 20.3 Å². The molecule has 1 N–H and O–H groups in total. The van der Waals surface area contributed by atoms with Crippen LogP contribution in [0.3, 0.4) is 0 Å². The lowest BCUT2D eigenvalue weighted by Crippen LogP contribution is -2.30. The smallest absolute Gasteiger partial charge is 0.223 e. The Balaban J connectivity index is 3.44. The number of carbonyl (C=O) groups excluding carboxylic acids is 2. The average Bonchev–Trinajstić information content (AvgIpc) is 2.24. The number of Topliss-reactive ketones (excluding diaryl/α,β-unsaturated/α-hetero) is 1. The zero-order valence-corrected chi connectivity index (χ0v) is 10.8. The first-order valence-corrected chi connectivity index (χ1v) is 6.38. The van der Waals surface area contributed by atoms with Gasteiger partial charge in [-0.3, -0.25) is 4.79 Å². The number of hydrogen-bond donors (Lipinski definition) is 1. The summed E-state index contributed by atoms with van der Waals surface area (Å²) < 4.78 is 0. The van der Waals surface area contributed by atoms with Crippen LogP contribution in [0.2, 0.25) is 0 Å². The van der Waals surface area contributed by atoms with E-state index >= 15 is 0 Å². The van der Waals surface area contributed by atoms with E-state index in [1.807, 2.05) is 13.8 Å². The first-order chi connectivity index (χ1) is 7.61. The maximum Gasteiger partial charge on any atom is 0.223 e. The lowest BCUT2D eigenvalue weighted by molar-refractivity contribution is -0.125. The van der Waals surface area contributed by atoms with Crippen molar-refractivity contribution in [1.29, 1.82) is 0 Å². The van der Waals surface area contributed by atoms with Crippen LogP contribution in [-0.4, -0.2) is 18.2 Å². The predicted molar refractivity (Wildman–Crippen MR) is 66.2 cm³/mol. The fourth-order valence-corrected chi connectivity index (χ4v) is 1.69. The van der Waals surface area contributed by atoms with Gasteiger partial charge in [-0.05, 0) is 32.6 Å². The Hall–Kier alpha value is -0.860. The highest BCUT2D eigenvalue weighted by Gasteiger charge is 2.12. The van der Waals surface area contributed by atoms with Crippen molar-refractivity contribution in [2.45, 2.75) is 59.3 Å². The molecule has 0 aliphatic heterocycles. The van der Waals surface area contributed by atoms with Gasteiger partial charge in [0.05, 0.1) is 0 Å². The molecule has 0 atom stereocenters. The van der Waals surface area contributed by atoms with Crippen LogP contribution in [0.1, 0.15) is 59.3 Å². The van der Waals surface area contributed by atoms with Gasteiger partial charge in [0.2, 0.25) is 5.91 Å². The number of amides is 1. The minimum Gasteiger partial charge on any atom is -0.356 e. The summed E-state index contributed by atoms with van der Waals surface area (Å²) in [5.41, 5.74) is 0. The molecule has 0 unspecified atom stereocenters. The monoisotopic (exact) mass is 227 g/mol. The summed E-state index contributed by atoms with van der Waals surface area (Å²) in [6.45, 7) is 6.45. The summed E-state index contributed by atoms with van der Waals surface area (Å²) in [6, 6.07) is 0. The maximum atomic E-state index is 11.6. The molecule has 0 spiro atoms. The Bertz CT molecular complexity index is 210. The van der Waals surface area contributed by atoms with E-state index in [0.717, 1.165) is 38.6 Å². The van der Waals surface area contributed by atoms with Crippen LogP contribution in [-0.2, 0) is 9.59 Å². The molecule has 3 heteroatoms. The third-order valence-corrected chi connectivity index (χ3v) is 2.86. The van der Waals surface area contributed by atoms with Crippen molar-refractivity contribution in [2.75, 3.05) is 6.54 Å². The highest BCUT2D eigenvalue weighted by atomic mass is 16.1. The molecule has 0 saturated heterocycles. The van der Waals surface area contributed by atoms with Crippen molar-refractivity contribution in [2.24, 2.45) is 5.92 Å². The van der Waals surface area contributed by atoms with Gasteiger partial charge in [-0.2, -0.15) is 0 Å². The van der Waals surface area contributed by atoms with E-state index in [9.17, 15) is 9.59 Å². The zero-order valence-electron chi connectivity index (χ0n) is 10.8. The average molecular weight is 227 g/mol. The maximum absolute atomic E-state index is 11.6. The van der Waals surface area contributed by atoms with Crippen LogP contribution < -0.4 is 5.32 Å². The van der Waals surface area contributed by atoms with Gasteiger partial charge in [-0.25, -0.2) is 0 Å². The number of ketones is 1. The summed E-state index contributed by atoms with van der Waals surface area (Å²) >= 11 is 0. The highest BCUT2D eigenvalue weighted by Crippen LogP contribution is 2.07. The molecule has 0 aromatic carbocycles. The normalized spacial score (nSPS) is 10.5. The van der Waals surface area contributed by atoms with Crippen molar-refractivity contribution < 1.29 is 9.59 Å². The summed E-state index contributed by atoms with van der Waals surface area (Å²) in [5, 5.41) is 2.95. The van der Waals surface area contributed by atoms with E-state index in [2.05, 4.69) is 5.32 Å². The Morgan fingerprint density at radius 2 is 1.69 bits per heavy atom. The number of rotatable bonds is 9. The highest BCUT2D eigenvalue weighted by molar-refractivity contribution is 5.78. The lowest BCUT2D eigenvalue weighted by atomic mass is 10.0. The van der Waals surface area contributed by atoms with Gasteiger partial charge in [0.15, 0.2) is 0 Å². The van der Waals surface area contributed by atoms with E-state index < -0.39 is 0 Å². The minimum atomic E-state index is 0.164. The van der Waals surface area contributed by atoms with Crippen molar-refractivity contribution in [3.05, 3.63) is 0 Å². The topological polar surface area (TPSA) is 46.2 Å². The van der Waals surface area contributed by atoms with Crippen LogP contribution in [0.4, 0.5) is 0 Å². The molecule has 0 aromatic heterocycles. The summed E-state index contributed by atoms with van der Waals surface area (Å²) in [4.78, 5) is 22.3. The second-order valence-electron chi connectivity index (χ2n) is 4.32. The fraction of sp³-hybridized carbons (Fsp3) is 0.846. The number of unbranched alkanes of at least 4 members (excludes halogenated alkanes) is 2. The van der Waals surface area contributed by atoms with Crippen LogP contribution in [0.5, 0.6) is 0 Å². The van der Waals surface area contributed by atoms with E-state index in [4.69, 9.17) is 0 Å². The zero-order chi connectivity index (χ0) is 12.4. The van der Waals surface area contributed by atoms with Crippen molar-refractivity contribution >= 4 is 11.7 Å². The molecular formula is C13H25NO2. The molecule has 16 heavy (non-hydrogen) atoms. The molecule has 0 fully saturated rings. The Labute approximate surface area is 99.0 Å². The molecule has 3 nitrogen and oxygen atoms in total. The molecule has 0 saturated carbocycles. The third-order valence-electron chi connectivity index (χ3n) is 2.86. The van der Waals surface area contributed by atoms with E-state index in [1.165, 1.54) is 0 Å². The van der Waals surface area contributed by atoms with E-state index in [1.54, 1.807) is 6.92 Å². The van der Waals surface area contributed by atoms with Gasteiger partial charge in [0, 0.05) is 18.9 Å². The van der Waals surface area contributed by atoms with Gasteiger partial charge in [0.25, 0.3) is 0 Å². The molecular weight excluding hydrogens is 202 g/mol. The lowest BCUT2D eigenvalue weighted by Gasteiger charge is -2.12. The van der Waals surface area contributed by atoms with Gasteiger partial charge in [0.1, 0.15) is 5.78 Å². The quantitative estimate of drug-likeness (QED) is 0.616. The van der Waals surface area contributed by atoms with Crippen LogP contribution >= 0.6 is 0 Å². The largest absolute Gasteiger partial charge is 0.356 e. The van der Waals surface area contributed by atoms with Gasteiger partial charge >= 0.3 is 0 Å². The molecule has 94 valence electrons. The molecule has 0 rings (SSSR count). The molecule has 0 radical (unpaired) electrons. The second kappa shape index (κ2) is 9.37. The third kappa shape index (κ3) is 7.43. The Morgan fingerprint density at radius 3 is 2.19 bits per heavy atom. The van der Waals surface area contributed by atoms with E-state index in [-0.39, 0.29) is 17.6 Å².